The fourth-order valence-corrected chi connectivity index (χ4v) is 3.54. The number of nitrogens with zero attached hydrogens (tertiary/aromatic N) is 1. The molecule has 0 amide bonds. The highest BCUT2D eigenvalue weighted by atomic mass is 32.2. The largest absolute Gasteiger partial charge is 0.392 e. The molecule has 0 spiro atoms. The molecule has 1 saturated heterocycles. The lowest BCUT2D eigenvalue weighted by molar-refractivity contribution is 0.200. The Morgan fingerprint density at radius 1 is 1.30 bits per heavy atom. The van der Waals surface area contributed by atoms with Crippen molar-refractivity contribution in [2.45, 2.75) is 37.7 Å². The fourth-order valence-electron chi connectivity index (χ4n) is 2.28. The third kappa shape index (κ3) is 3.35. The second-order valence-electron chi connectivity index (χ2n) is 5.01. The molecule has 1 aromatic carbocycles. The van der Waals surface area contributed by atoms with Gasteiger partial charge in [-0.25, -0.2) is 17.8 Å². The molecule has 1 fully saturated rings. The second-order valence-corrected chi connectivity index (χ2v) is 6.67. The van der Waals surface area contributed by atoms with Crippen LogP contribution in [0.25, 0.3) is 0 Å². The first-order chi connectivity index (χ1) is 9.44. The van der Waals surface area contributed by atoms with Gasteiger partial charge in [-0.15, -0.1) is 4.83 Å². The molecular formula is C13H19FN2O3S. The van der Waals surface area contributed by atoms with Crippen LogP contribution in [0.1, 0.15) is 30.4 Å². The van der Waals surface area contributed by atoms with E-state index in [0.29, 0.717) is 13.1 Å². The van der Waals surface area contributed by atoms with Crippen LogP contribution in [0.4, 0.5) is 4.39 Å². The van der Waals surface area contributed by atoms with Gasteiger partial charge >= 0.3 is 0 Å². The van der Waals surface area contributed by atoms with E-state index in [9.17, 15) is 12.8 Å². The Hall–Kier alpha value is -1.02. The fraction of sp³-hybridized carbons (Fsp3) is 0.538. The van der Waals surface area contributed by atoms with Crippen LogP contribution >= 0.6 is 0 Å². The van der Waals surface area contributed by atoms with Gasteiger partial charge in [-0.3, -0.25) is 0 Å². The number of aliphatic hydroxyl groups is 1. The second kappa shape index (κ2) is 6.17. The van der Waals surface area contributed by atoms with Crippen molar-refractivity contribution < 1.29 is 17.9 Å². The van der Waals surface area contributed by atoms with E-state index in [4.69, 9.17) is 5.11 Å². The average Bonchev–Trinajstić information content (AvgIpc) is 2.42. The van der Waals surface area contributed by atoms with Gasteiger partial charge in [0.05, 0.1) is 11.5 Å². The van der Waals surface area contributed by atoms with E-state index in [1.165, 1.54) is 19.1 Å². The van der Waals surface area contributed by atoms with E-state index in [1.54, 1.807) is 5.01 Å². The van der Waals surface area contributed by atoms with Crippen molar-refractivity contribution in [3.8, 4) is 0 Å². The van der Waals surface area contributed by atoms with Crippen molar-refractivity contribution in [1.82, 2.24) is 9.84 Å². The van der Waals surface area contributed by atoms with Gasteiger partial charge in [0, 0.05) is 18.7 Å². The van der Waals surface area contributed by atoms with E-state index in [0.717, 1.165) is 19.3 Å². The zero-order valence-corrected chi connectivity index (χ0v) is 12.2. The Bertz CT molecular complexity index is 584. The maximum atomic E-state index is 13.6. The number of sulfonamides is 1. The molecule has 0 radical (unpaired) electrons. The zero-order valence-electron chi connectivity index (χ0n) is 11.4. The number of nitrogens with one attached hydrogen (secondary N) is 1. The lowest BCUT2D eigenvalue weighted by Gasteiger charge is -2.26. The molecule has 1 aromatic rings. The molecule has 0 aliphatic carbocycles. The number of hydrazine groups is 1. The Morgan fingerprint density at radius 2 is 1.95 bits per heavy atom. The Labute approximate surface area is 118 Å². The number of aryl methyl sites for hydroxylation is 1. The molecule has 5 nitrogen and oxygen atoms in total. The molecule has 1 heterocycles. The summed E-state index contributed by atoms with van der Waals surface area (Å²) in [7, 11) is -3.73. The van der Waals surface area contributed by atoms with Gasteiger partial charge in [0.15, 0.2) is 0 Å². The molecule has 1 aliphatic heterocycles. The predicted octanol–water partition coefficient (Wildman–Crippen LogP) is 1.31. The standard InChI is InChI=1S/C13H19FN2O3S/c1-10-7-12(8-11(9-17)13(10)14)20(18,19)15-16-5-3-2-4-6-16/h7-8,15,17H,2-6,9H2,1H3. The topological polar surface area (TPSA) is 69.6 Å². The number of rotatable bonds is 4. The van der Waals surface area contributed by atoms with Crippen molar-refractivity contribution in [2.24, 2.45) is 0 Å². The summed E-state index contributed by atoms with van der Waals surface area (Å²) in [5.41, 5.74) is 0.194. The quantitative estimate of drug-likeness (QED) is 0.880. The van der Waals surface area contributed by atoms with Crippen molar-refractivity contribution in [3.05, 3.63) is 29.1 Å². The van der Waals surface area contributed by atoms with Crippen molar-refractivity contribution >= 4 is 10.0 Å². The van der Waals surface area contributed by atoms with E-state index in [-0.39, 0.29) is 16.0 Å². The first kappa shape index (κ1) is 15.4. The summed E-state index contributed by atoms with van der Waals surface area (Å²) in [5.74, 6) is -0.565. The van der Waals surface area contributed by atoms with Crippen LogP contribution in [0.3, 0.4) is 0 Å². The third-order valence-corrected chi connectivity index (χ3v) is 4.74. The monoisotopic (exact) mass is 302 g/mol. The average molecular weight is 302 g/mol. The van der Waals surface area contributed by atoms with Gasteiger partial charge in [-0.1, -0.05) is 6.42 Å². The summed E-state index contributed by atoms with van der Waals surface area (Å²) >= 11 is 0. The van der Waals surface area contributed by atoms with E-state index in [1.807, 2.05) is 0 Å². The molecule has 2 N–H and O–H groups in total. The molecule has 7 heteroatoms. The summed E-state index contributed by atoms with van der Waals surface area (Å²) in [6, 6.07) is 2.45. The van der Waals surface area contributed by atoms with Crippen LogP contribution in [0.15, 0.2) is 17.0 Å². The minimum atomic E-state index is -3.73. The van der Waals surface area contributed by atoms with Crippen LogP contribution in [0.2, 0.25) is 0 Å². The van der Waals surface area contributed by atoms with Gasteiger partial charge in [-0.05, 0) is 37.5 Å². The van der Waals surface area contributed by atoms with Crippen LogP contribution < -0.4 is 4.83 Å². The minimum Gasteiger partial charge on any atom is -0.392 e. The molecule has 1 aliphatic rings. The normalized spacial score (nSPS) is 17.4. The third-order valence-electron chi connectivity index (χ3n) is 3.39. The van der Waals surface area contributed by atoms with E-state index >= 15 is 0 Å². The molecule has 2 rings (SSSR count). The van der Waals surface area contributed by atoms with Crippen LogP contribution in [-0.2, 0) is 16.6 Å². The summed E-state index contributed by atoms with van der Waals surface area (Å²) in [6.45, 7) is 2.30. The molecule has 0 saturated carbocycles. The number of benzene rings is 1. The summed E-state index contributed by atoms with van der Waals surface area (Å²) in [4.78, 5) is 2.49. The molecular weight excluding hydrogens is 283 g/mol. The summed E-state index contributed by atoms with van der Waals surface area (Å²) in [5, 5.41) is 10.8. The lowest BCUT2D eigenvalue weighted by atomic mass is 10.1. The van der Waals surface area contributed by atoms with Gasteiger partial charge in [-0.2, -0.15) is 0 Å². The summed E-state index contributed by atoms with van der Waals surface area (Å²) in [6.07, 6.45) is 3.00. The number of hydrogen-bond acceptors (Lipinski definition) is 4. The zero-order chi connectivity index (χ0) is 14.8. The van der Waals surface area contributed by atoms with Crippen molar-refractivity contribution in [1.29, 1.82) is 0 Å². The number of piperidine rings is 1. The van der Waals surface area contributed by atoms with Crippen LogP contribution in [0.5, 0.6) is 0 Å². The Kier molecular flexibility index (Phi) is 4.74. The van der Waals surface area contributed by atoms with Gasteiger partial charge in [0.25, 0.3) is 10.0 Å². The van der Waals surface area contributed by atoms with Crippen molar-refractivity contribution in [3.63, 3.8) is 0 Å². The number of halogens is 1. The maximum Gasteiger partial charge on any atom is 0.253 e. The highest BCUT2D eigenvalue weighted by Crippen LogP contribution is 2.20. The van der Waals surface area contributed by atoms with E-state index < -0.39 is 22.4 Å². The van der Waals surface area contributed by atoms with E-state index in [2.05, 4.69) is 4.83 Å². The molecule has 0 atom stereocenters. The van der Waals surface area contributed by atoms with Gasteiger partial charge in [0.1, 0.15) is 5.82 Å². The highest BCUT2D eigenvalue weighted by Gasteiger charge is 2.22. The van der Waals surface area contributed by atoms with Crippen LogP contribution in [0, 0.1) is 12.7 Å². The number of aliphatic hydroxyl groups excluding tert-OH is 1. The summed E-state index contributed by atoms with van der Waals surface area (Å²) < 4.78 is 38.2. The SMILES string of the molecule is Cc1cc(S(=O)(=O)NN2CCCCC2)cc(CO)c1F. The number of hydrogen-bond donors (Lipinski definition) is 2. The maximum absolute atomic E-state index is 13.6. The van der Waals surface area contributed by atoms with Crippen LogP contribution in [-0.4, -0.2) is 31.6 Å². The molecule has 0 aromatic heterocycles. The minimum absolute atomic E-state index is 0.0102. The smallest absolute Gasteiger partial charge is 0.253 e. The first-order valence-corrected chi connectivity index (χ1v) is 8.09. The van der Waals surface area contributed by atoms with Crippen molar-refractivity contribution in [2.75, 3.05) is 13.1 Å². The molecule has 0 bridgehead atoms. The first-order valence-electron chi connectivity index (χ1n) is 6.61. The predicted molar refractivity (Wildman–Crippen MR) is 72.8 cm³/mol. The van der Waals surface area contributed by atoms with Gasteiger partial charge < -0.3 is 5.11 Å². The Balaban J connectivity index is 2.26. The van der Waals surface area contributed by atoms with Gasteiger partial charge in [0.2, 0.25) is 0 Å². The lowest BCUT2D eigenvalue weighted by Crippen LogP contribution is -2.44. The Morgan fingerprint density at radius 3 is 2.55 bits per heavy atom. The molecule has 112 valence electrons. The molecule has 20 heavy (non-hydrogen) atoms. The highest BCUT2D eigenvalue weighted by molar-refractivity contribution is 7.89. The molecule has 0 unspecified atom stereocenters.